The summed E-state index contributed by atoms with van der Waals surface area (Å²) in [5, 5.41) is 13.1. The number of carbonyl (C=O) groups is 3. The summed E-state index contributed by atoms with van der Waals surface area (Å²) in [6, 6.07) is 7.18. The third-order valence-electron chi connectivity index (χ3n) is 4.34. The molecule has 1 saturated heterocycles. The van der Waals surface area contributed by atoms with Crippen LogP contribution in [0.2, 0.25) is 0 Å². The molecule has 168 valence electrons. The van der Waals surface area contributed by atoms with Crippen LogP contribution in [0.4, 0.5) is 16.2 Å². The van der Waals surface area contributed by atoms with Gasteiger partial charge in [0.2, 0.25) is 0 Å². The second-order valence-corrected chi connectivity index (χ2v) is 7.65. The van der Waals surface area contributed by atoms with Crippen molar-refractivity contribution in [2.24, 2.45) is 0 Å². The minimum atomic E-state index is -1.01. The Hall–Kier alpha value is -3.92. The van der Waals surface area contributed by atoms with Gasteiger partial charge in [-0.3, -0.25) is 25.0 Å². The Kier molecular flexibility index (Phi) is 7.29. The van der Waals surface area contributed by atoms with Gasteiger partial charge in [-0.1, -0.05) is 12.0 Å². The van der Waals surface area contributed by atoms with Gasteiger partial charge in [0.05, 0.1) is 20.8 Å². The first-order chi connectivity index (χ1) is 15.8. The lowest BCUT2D eigenvalue weighted by molar-refractivity contribution is -0.384. The SMILES string of the molecule is C#CCOc1c(I)cc(/C=C2\C(=O)NC(=O)N(c3cccc([N+](=O)[O-])c3)C2=O)cc1OCC. The molecule has 0 spiro atoms. The molecular formula is C22H16IN3O7. The lowest BCUT2D eigenvalue weighted by Gasteiger charge is -2.26. The van der Waals surface area contributed by atoms with Gasteiger partial charge in [0.15, 0.2) is 11.5 Å². The third-order valence-corrected chi connectivity index (χ3v) is 5.14. The van der Waals surface area contributed by atoms with Crippen LogP contribution >= 0.6 is 22.6 Å². The van der Waals surface area contributed by atoms with Crippen molar-refractivity contribution in [3.63, 3.8) is 0 Å². The number of amides is 4. The van der Waals surface area contributed by atoms with Crippen LogP contribution in [0.1, 0.15) is 12.5 Å². The predicted octanol–water partition coefficient (Wildman–Crippen LogP) is 3.28. The molecule has 3 rings (SSSR count). The molecule has 2 aromatic rings. The summed E-state index contributed by atoms with van der Waals surface area (Å²) in [5.41, 5.74) is -0.263. The summed E-state index contributed by atoms with van der Waals surface area (Å²) in [5.74, 6) is 1.33. The highest BCUT2D eigenvalue weighted by Gasteiger charge is 2.37. The Morgan fingerprint density at radius 3 is 2.67 bits per heavy atom. The van der Waals surface area contributed by atoms with E-state index >= 15 is 0 Å². The van der Waals surface area contributed by atoms with E-state index in [2.05, 4.69) is 11.2 Å². The minimum absolute atomic E-state index is 0.0255. The summed E-state index contributed by atoms with van der Waals surface area (Å²) >= 11 is 2.01. The van der Waals surface area contributed by atoms with E-state index in [4.69, 9.17) is 15.9 Å². The van der Waals surface area contributed by atoms with Crippen molar-refractivity contribution in [3.05, 3.63) is 61.2 Å². The van der Waals surface area contributed by atoms with E-state index in [1.807, 2.05) is 22.6 Å². The van der Waals surface area contributed by atoms with Crippen molar-refractivity contribution in [2.75, 3.05) is 18.1 Å². The molecule has 4 amide bonds. The highest BCUT2D eigenvalue weighted by Crippen LogP contribution is 2.35. The Morgan fingerprint density at radius 2 is 2.00 bits per heavy atom. The Morgan fingerprint density at radius 1 is 1.24 bits per heavy atom. The van der Waals surface area contributed by atoms with Gasteiger partial charge < -0.3 is 9.47 Å². The summed E-state index contributed by atoms with van der Waals surface area (Å²) < 4.78 is 11.8. The summed E-state index contributed by atoms with van der Waals surface area (Å²) in [6.07, 6.45) is 6.55. The zero-order valence-corrected chi connectivity index (χ0v) is 19.3. The van der Waals surface area contributed by atoms with E-state index in [-0.39, 0.29) is 23.6 Å². The average Bonchev–Trinajstić information content (AvgIpc) is 2.76. The molecule has 33 heavy (non-hydrogen) atoms. The van der Waals surface area contributed by atoms with Crippen LogP contribution < -0.4 is 19.7 Å². The van der Waals surface area contributed by atoms with Crippen LogP contribution in [-0.4, -0.2) is 36.0 Å². The molecule has 0 radical (unpaired) electrons. The van der Waals surface area contributed by atoms with Crippen LogP contribution in [0.5, 0.6) is 11.5 Å². The van der Waals surface area contributed by atoms with Gasteiger partial charge in [-0.25, -0.2) is 9.69 Å². The van der Waals surface area contributed by atoms with Gasteiger partial charge in [-0.05, 0) is 59.4 Å². The number of ether oxygens (including phenoxy) is 2. The molecule has 1 heterocycles. The first-order valence-corrected chi connectivity index (χ1v) is 10.5. The molecular weight excluding hydrogens is 545 g/mol. The standard InChI is InChI=1S/C22H16IN3O7/c1-3-8-33-19-17(23)10-13(11-18(19)32-4-2)9-16-20(27)24-22(29)25(21(16)28)14-6-5-7-15(12-14)26(30)31/h1,5-7,9-12H,4,8H2,2H3,(H,24,27,29)/b16-9+. The van der Waals surface area contributed by atoms with Crippen molar-refractivity contribution in [2.45, 2.75) is 6.92 Å². The number of nitrogens with one attached hydrogen (secondary N) is 1. The lowest BCUT2D eigenvalue weighted by atomic mass is 10.1. The van der Waals surface area contributed by atoms with E-state index < -0.39 is 22.8 Å². The first kappa shape index (κ1) is 23.7. The largest absolute Gasteiger partial charge is 0.490 e. The number of hydrogen-bond acceptors (Lipinski definition) is 7. The maximum absolute atomic E-state index is 13.1. The molecule has 0 aromatic heterocycles. The van der Waals surface area contributed by atoms with E-state index in [9.17, 15) is 24.5 Å². The Labute approximate surface area is 201 Å². The van der Waals surface area contributed by atoms with Crippen molar-refractivity contribution < 1.29 is 28.8 Å². The number of nitrogens with zero attached hydrogens (tertiary/aromatic N) is 2. The van der Waals surface area contributed by atoms with Crippen LogP contribution in [0.15, 0.2) is 42.0 Å². The van der Waals surface area contributed by atoms with Crippen molar-refractivity contribution in [1.82, 2.24) is 5.32 Å². The zero-order chi connectivity index (χ0) is 24.1. The Bertz CT molecular complexity index is 1230. The molecule has 0 saturated carbocycles. The van der Waals surface area contributed by atoms with Gasteiger partial charge in [-0.15, -0.1) is 6.42 Å². The van der Waals surface area contributed by atoms with E-state index in [1.54, 1.807) is 19.1 Å². The molecule has 0 atom stereocenters. The normalized spacial score (nSPS) is 14.6. The fraction of sp³-hybridized carbons (Fsp3) is 0.136. The average molecular weight is 561 g/mol. The smallest absolute Gasteiger partial charge is 0.335 e. The Balaban J connectivity index is 2.04. The number of anilines is 1. The molecule has 1 aliphatic heterocycles. The van der Waals surface area contributed by atoms with E-state index in [1.165, 1.54) is 24.3 Å². The van der Waals surface area contributed by atoms with E-state index in [0.717, 1.165) is 6.07 Å². The first-order valence-electron chi connectivity index (χ1n) is 9.45. The number of urea groups is 1. The molecule has 0 unspecified atom stereocenters. The maximum atomic E-state index is 13.1. The summed E-state index contributed by atoms with van der Waals surface area (Å²) in [6.45, 7) is 2.14. The van der Waals surface area contributed by atoms with E-state index in [0.29, 0.717) is 32.1 Å². The highest BCUT2D eigenvalue weighted by atomic mass is 127. The molecule has 1 N–H and O–H groups in total. The molecule has 10 nitrogen and oxygen atoms in total. The van der Waals surface area contributed by atoms with Gasteiger partial charge in [0, 0.05) is 12.1 Å². The third kappa shape index (κ3) is 5.12. The maximum Gasteiger partial charge on any atom is 0.335 e. The number of terminal acetylenes is 1. The predicted molar refractivity (Wildman–Crippen MR) is 127 cm³/mol. The molecule has 0 aliphatic carbocycles. The minimum Gasteiger partial charge on any atom is -0.490 e. The number of imide groups is 2. The number of barbiturate groups is 1. The topological polar surface area (TPSA) is 128 Å². The number of hydrogen-bond donors (Lipinski definition) is 1. The number of halogens is 1. The number of rotatable bonds is 7. The summed E-state index contributed by atoms with van der Waals surface area (Å²) in [4.78, 5) is 48.9. The van der Waals surface area contributed by atoms with Gasteiger partial charge in [-0.2, -0.15) is 0 Å². The second kappa shape index (κ2) is 10.1. The van der Waals surface area contributed by atoms with Crippen LogP contribution in [0.25, 0.3) is 6.08 Å². The van der Waals surface area contributed by atoms with Gasteiger partial charge >= 0.3 is 6.03 Å². The fourth-order valence-corrected chi connectivity index (χ4v) is 3.77. The molecule has 2 aromatic carbocycles. The van der Waals surface area contributed by atoms with Crippen molar-refractivity contribution >= 4 is 57.9 Å². The quantitative estimate of drug-likeness (QED) is 0.137. The second-order valence-electron chi connectivity index (χ2n) is 6.49. The van der Waals surface area contributed by atoms with Crippen LogP contribution in [0.3, 0.4) is 0 Å². The zero-order valence-electron chi connectivity index (χ0n) is 17.2. The number of carbonyl (C=O) groups excluding carboxylic acids is 3. The molecule has 1 fully saturated rings. The van der Waals surface area contributed by atoms with Gasteiger partial charge in [0.25, 0.3) is 17.5 Å². The number of benzene rings is 2. The fourth-order valence-electron chi connectivity index (χ4n) is 2.99. The number of non-ortho nitro benzene ring substituents is 1. The molecule has 1 aliphatic rings. The van der Waals surface area contributed by atoms with Crippen LogP contribution in [0, 0.1) is 26.0 Å². The molecule has 11 heteroatoms. The molecule has 0 bridgehead atoms. The highest BCUT2D eigenvalue weighted by molar-refractivity contribution is 14.1. The van der Waals surface area contributed by atoms with Gasteiger partial charge in [0.1, 0.15) is 12.2 Å². The number of nitro benzene ring substituents is 1. The number of nitro groups is 1. The summed E-state index contributed by atoms with van der Waals surface area (Å²) in [7, 11) is 0. The van der Waals surface area contributed by atoms with Crippen LogP contribution in [-0.2, 0) is 9.59 Å². The van der Waals surface area contributed by atoms with Crippen molar-refractivity contribution in [3.8, 4) is 23.8 Å². The monoisotopic (exact) mass is 561 g/mol. The van der Waals surface area contributed by atoms with Crippen molar-refractivity contribution in [1.29, 1.82) is 0 Å². The lowest BCUT2D eigenvalue weighted by Crippen LogP contribution is -2.54.